The van der Waals surface area contributed by atoms with Crippen molar-refractivity contribution in [2.75, 3.05) is 13.1 Å². The third-order valence-electron chi connectivity index (χ3n) is 4.52. The molecular formula is C22H28N4O3. The molecule has 0 aliphatic heterocycles. The first-order valence-corrected chi connectivity index (χ1v) is 10.1. The molecule has 0 aromatic heterocycles. The minimum Gasteiger partial charge on any atom is -0.339 e. The zero-order valence-corrected chi connectivity index (χ0v) is 17.1. The summed E-state index contributed by atoms with van der Waals surface area (Å²) < 4.78 is 0. The SMILES string of the molecule is CCCCCCN(CCC)C(=O)c1ccc(N=Nc2ccc([N+](=O)[O-])cc2)cc1. The van der Waals surface area contributed by atoms with E-state index in [1.165, 1.54) is 25.0 Å². The summed E-state index contributed by atoms with van der Waals surface area (Å²) in [6.45, 7) is 5.80. The van der Waals surface area contributed by atoms with Crippen LogP contribution in [0.15, 0.2) is 58.8 Å². The van der Waals surface area contributed by atoms with Crippen LogP contribution in [-0.2, 0) is 0 Å². The summed E-state index contributed by atoms with van der Waals surface area (Å²) in [7, 11) is 0. The second-order valence-corrected chi connectivity index (χ2v) is 6.87. The molecule has 0 aliphatic carbocycles. The number of hydrogen-bond donors (Lipinski definition) is 0. The van der Waals surface area contributed by atoms with Crippen molar-refractivity contribution in [3.8, 4) is 0 Å². The molecule has 0 saturated heterocycles. The van der Waals surface area contributed by atoms with Gasteiger partial charge in [-0.1, -0.05) is 33.1 Å². The lowest BCUT2D eigenvalue weighted by Crippen LogP contribution is -2.32. The lowest BCUT2D eigenvalue weighted by molar-refractivity contribution is -0.384. The van der Waals surface area contributed by atoms with Crippen LogP contribution in [0.2, 0.25) is 0 Å². The van der Waals surface area contributed by atoms with Crippen molar-refractivity contribution >= 4 is 23.0 Å². The lowest BCUT2D eigenvalue weighted by atomic mass is 10.1. The van der Waals surface area contributed by atoms with Crippen LogP contribution in [0.1, 0.15) is 56.3 Å². The molecule has 7 nitrogen and oxygen atoms in total. The Kier molecular flexibility index (Phi) is 8.95. The smallest absolute Gasteiger partial charge is 0.269 e. The number of non-ortho nitro benzene ring substituents is 1. The van der Waals surface area contributed by atoms with Gasteiger partial charge in [0.15, 0.2) is 0 Å². The highest BCUT2D eigenvalue weighted by Gasteiger charge is 2.14. The molecule has 29 heavy (non-hydrogen) atoms. The van der Waals surface area contributed by atoms with Gasteiger partial charge < -0.3 is 4.90 Å². The third kappa shape index (κ3) is 7.10. The Hall–Kier alpha value is -3.09. The maximum absolute atomic E-state index is 12.8. The van der Waals surface area contributed by atoms with Gasteiger partial charge in [-0.15, -0.1) is 0 Å². The van der Waals surface area contributed by atoms with E-state index in [1.54, 1.807) is 36.4 Å². The van der Waals surface area contributed by atoms with Gasteiger partial charge in [-0.05, 0) is 49.2 Å². The molecule has 1 amide bonds. The number of benzene rings is 2. The first-order valence-electron chi connectivity index (χ1n) is 10.1. The average Bonchev–Trinajstić information content (AvgIpc) is 2.74. The van der Waals surface area contributed by atoms with E-state index in [9.17, 15) is 14.9 Å². The van der Waals surface area contributed by atoms with E-state index in [4.69, 9.17) is 0 Å². The molecule has 0 saturated carbocycles. The van der Waals surface area contributed by atoms with Gasteiger partial charge in [-0.3, -0.25) is 14.9 Å². The molecule has 2 aromatic rings. The molecule has 7 heteroatoms. The van der Waals surface area contributed by atoms with Gasteiger partial charge in [0.05, 0.1) is 16.3 Å². The van der Waals surface area contributed by atoms with Crippen molar-refractivity contribution in [3.63, 3.8) is 0 Å². The van der Waals surface area contributed by atoms with Crippen LogP contribution in [0.3, 0.4) is 0 Å². The van der Waals surface area contributed by atoms with Crippen LogP contribution in [0.4, 0.5) is 17.1 Å². The Morgan fingerprint density at radius 2 is 1.45 bits per heavy atom. The predicted octanol–water partition coefficient (Wildman–Crippen LogP) is 6.44. The van der Waals surface area contributed by atoms with E-state index in [2.05, 4.69) is 24.1 Å². The van der Waals surface area contributed by atoms with Crippen molar-refractivity contribution < 1.29 is 9.72 Å². The zero-order chi connectivity index (χ0) is 21.1. The Morgan fingerprint density at radius 3 is 1.97 bits per heavy atom. The molecule has 0 heterocycles. The second-order valence-electron chi connectivity index (χ2n) is 6.87. The van der Waals surface area contributed by atoms with Crippen molar-refractivity contribution in [3.05, 3.63) is 64.2 Å². The Balaban J connectivity index is 1.99. The number of nitrogens with zero attached hydrogens (tertiary/aromatic N) is 4. The molecule has 0 radical (unpaired) electrons. The largest absolute Gasteiger partial charge is 0.339 e. The molecule has 154 valence electrons. The Labute approximate surface area is 171 Å². The standard InChI is InChI=1S/C22H28N4O3/c1-3-5-6-7-17-25(16-4-2)22(27)18-8-10-19(11-9-18)23-24-20-12-14-21(15-13-20)26(28)29/h8-15H,3-7,16-17H2,1-2H3. The van der Waals surface area contributed by atoms with Crippen molar-refractivity contribution in [1.29, 1.82) is 0 Å². The van der Waals surface area contributed by atoms with Gasteiger partial charge in [0, 0.05) is 30.8 Å². The Morgan fingerprint density at radius 1 is 0.862 bits per heavy atom. The van der Waals surface area contributed by atoms with Crippen molar-refractivity contribution in [1.82, 2.24) is 4.90 Å². The van der Waals surface area contributed by atoms with Gasteiger partial charge in [0.25, 0.3) is 11.6 Å². The number of azo groups is 1. The van der Waals surface area contributed by atoms with E-state index < -0.39 is 4.92 Å². The van der Waals surface area contributed by atoms with Crippen LogP contribution in [0.25, 0.3) is 0 Å². The number of carbonyl (C=O) groups excluding carboxylic acids is 1. The van der Waals surface area contributed by atoms with Crippen LogP contribution < -0.4 is 0 Å². The van der Waals surface area contributed by atoms with Gasteiger partial charge in [0.2, 0.25) is 0 Å². The second kappa shape index (κ2) is 11.7. The normalized spacial score (nSPS) is 11.0. The van der Waals surface area contributed by atoms with Crippen LogP contribution in [0.5, 0.6) is 0 Å². The molecule has 0 spiro atoms. The quantitative estimate of drug-likeness (QED) is 0.189. The minimum atomic E-state index is -0.456. The maximum atomic E-state index is 12.8. The lowest BCUT2D eigenvalue weighted by Gasteiger charge is -2.22. The zero-order valence-electron chi connectivity index (χ0n) is 17.1. The monoisotopic (exact) mass is 396 g/mol. The molecule has 0 fully saturated rings. The fourth-order valence-corrected chi connectivity index (χ4v) is 2.92. The number of rotatable bonds is 11. The first-order chi connectivity index (χ1) is 14.0. The number of nitro groups is 1. The molecule has 0 aliphatic rings. The molecule has 0 atom stereocenters. The average molecular weight is 396 g/mol. The Bertz CT molecular complexity index is 817. The van der Waals surface area contributed by atoms with Crippen molar-refractivity contribution in [2.45, 2.75) is 46.0 Å². The molecule has 0 unspecified atom stereocenters. The topological polar surface area (TPSA) is 88.2 Å². The summed E-state index contributed by atoms with van der Waals surface area (Å²) in [5, 5.41) is 18.9. The van der Waals surface area contributed by atoms with E-state index in [0.717, 1.165) is 32.4 Å². The van der Waals surface area contributed by atoms with Crippen molar-refractivity contribution in [2.24, 2.45) is 10.2 Å². The number of nitro benzene ring substituents is 1. The maximum Gasteiger partial charge on any atom is 0.269 e. The summed E-state index contributed by atoms with van der Waals surface area (Å²) in [5.41, 5.74) is 1.79. The van der Waals surface area contributed by atoms with Crippen LogP contribution in [0, 0.1) is 10.1 Å². The molecule has 0 bridgehead atoms. The highest BCUT2D eigenvalue weighted by molar-refractivity contribution is 5.94. The summed E-state index contributed by atoms with van der Waals surface area (Å²) in [5.74, 6) is 0.0437. The molecule has 2 aromatic carbocycles. The predicted molar refractivity (Wildman–Crippen MR) is 114 cm³/mol. The number of amides is 1. The number of carbonyl (C=O) groups is 1. The number of hydrogen-bond acceptors (Lipinski definition) is 5. The number of unbranched alkanes of at least 4 members (excludes halogenated alkanes) is 3. The first kappa shape index (κ1) is 22.2. The van der Waals surface area contributed by atoms with Gasteiger partial charge in [-0.25, -0.2) is 0 Å². The fraction of sp³-hybridized carbons (Fsp3) is 0.409. The molecule has 2 rings (SSSR count). The minimum absolute atomic E-state index is 0.0122. The summed E-state index contributed by atoms with van der Waals surface area (Å²) in [6, 6.07) is 12.9. The molecular weight excluding hydrogens is 368 g/mol. The van der Waals surface area contributed by atoms with Crippen LogP contribution >= 0.6 is 0 Å². The van der Waals surface area contributed by atoms with Gasteiger partial charge in [0.1, 0.15) is 0 Å². The summed E-state index contributed by atoms with van der Waals surface area (Å²) in [4.78, 5) is 24.9. The fourth-order valence-electron chi connectivity index (χ4n) is 2.92. The third-order valence-corrected chi connectivity index (χ3v) is 4.52. The highest BCUT2D eigenvalue weighted by atomic mass is 16.6. The van der Waals surface area contributed by atoms with E-state index >= 15 is 0 Å². The summed E-state index contributed by atoms with van der Waals surface area (Å²) in [6.07, 6.45) is 5.48. The van der Waals surface area contributed by atoms with E-state index in [-0.39, 0.29) is 11.6 Å². The van der Waals surface area contributed by atoms with Gasteiger partial charge >= 0.3 is 0 Å². The van der Waals surface area contributed by atoms with Gasteiger partial charge in [-0.2, -0.15) is 10.2 Å². The van der Waals surface area contributed by atoms with E-state index in [1.807, 2.05) is 4.90 Å². The molecule has 0 N–H and O–H groups in total. The summed E-state index contributed by atoms with van der Waals surface area (Å²) >= 11 is 0. The van der Waals surface area contributed by atoms with E-state index in [0.29, 0.717) is 16.9 Å². The highest BCUT2D eigenvalue weighted by Crippen LogP contribution is 2.22. The van der Waals surface area contributed by atoms with Crippen LogP contribution in [-0.4, -0.2) is 28.8 Å².